The average molecular weight is 404 g/mol. The summed E-state index contributed by atoms with van der Waals surface area (Å²) in [5.41, 5.74) is 1.15. The van der Waals surface area contributed by atoms with E-state index in [4.69, 9.17) is 4.74 Å². The lowest BCUT2D eigenvalue weighted by molar-refractivity contribution is -0.139. The first-order valence-electron chi connectivity index (χ1n) is 10.2. The lowest BCUT2D eigenvalue weighted by Gasteiger charge is -2.38. The molecular formula is C21H29N3O3S. The van der Waals surface area contributed by atoms with Gasteiger partial charge in [-0.15, -0.1) is 11.8 Å². The molecule has 0 radical (unpaired) electrons. The second-order valence-electron chi connectivity index (χ2n) is 7.82. The number of carbonyl (C=O) groups excluding carboxylic acids is 2. The van der Waals surface area contributed by atoms with Crippen molar-refractivity contribution in [3.63, 3.8) is 0 Å². The molecule has 2 heterocycles. The van der Waals surface area contributed by atoms with Crippen LogP contribution >= 0.6 is 11.8 Å². The average Bonchev–Trinajstić information content (AvgIpc) is 3.06. The minimum Gasteiger partial charge on any atom is -0.497 e. The molecule has 2 amide bonds. The number of nitrogens with zero attached hydrogens (tertiary/aromatic N) is 3. The first-order valence-corrected chi connectivity index (χ1v) is 11.3. The molecule has 4 rings (SSSR count). The Morgan fingerprint density at radius 2 is 1.82 bits per heavy atom. The summed E-state index contributed by atoms with van der Waals surface area (Å²) in [6.45, 7) is 5.05. The smallest absolute Gasteiger partial charge is 0.233 e. The maximum Gasteiger partial charge on any atom is 0.233 e. The van der Waals surface area contributed by atoms with Gasteiger partial charge in [-0.3, -0.25) is 14.5 Å². The van der Waals surface area contributed by atoms with Gasteiger partial charge in [-0.1, -0.05) is 18.6 Å². The van der Waals surface area contributed by atoms with Crippen molar-refractivity contribution in [3.05, 3.63) is 29.8 Å². The largest absolute Gasteiger partial charge is 0.497 e. The fourth-order valence-corrected chi connectivity index (χ4v) is 5.31. The first-order chi connectivity index (χ1) is 13.7. The summed E-state index contributed by atoms with van der Waals surface area (Å²) in [6.07, 6.45) is 3.34. The van der Waals surface area contributed by atoms with Gasteiger partial charge in [0.05, 0.1) is 12.9 Å². The third-order valence-electron chi connectivity index (χ3n) is 6.16. The van der Waals surface area contributed by atoms with E-state index in [0.717, 1.165) is 63.4 Å². The Bertz CT molecular complexity index is 699. The van der Waals surface area contributed by atoms with Gasteiger partial charge in [0.25, 0.3) is 0 Å². The summed E-state index contributed by atoms with van der Waals surface area (Å²) in [4.78, 5) is 31.2. The number of hydrogen-bond acceptors (Lipinski definition) is 5. The normalized spacial score (nSPS) is 23.8. The number of methoxy groups -OCH3 is 1. The molecule has 0 N–H and O–H groups in total. The Balaban J connectivity index is 1.28. The molecule has 1 aromatic rings. The Kier molecular flexibility index (Phi) is 6.11. The van der Waals surface area contributed by atoms with Gasteiger partial charge in [-0.25, -0.2) is 0 Å². The van der Waals surface area contributed by atoms with Gasteiger partial charge in [-0.2, -0.15) is 0 Å². The van der Waals surface area contributed by atoms with Gasteiger partial charge in [0.2, 0.25) is 11.8 Å². The van der Waals surface area contributed by atoms with E-state index < -0.39 is 0 Å². The van der Waals surface area contributed by atoms with Crippen LogP contribution in [0, 0.1) is 5.92 Å². The number of amides is 2. The first kappa shape index (κ1) is 19.6. The summed E-state index contributed by atoms with van der Waals surface area (Å²) in [5, 5.41) is 0.0832. The zero-order valence-electron chi connectivity index (χ0n) is 16.5. The molecule has 28 heavy (non-hydrogen) atoms. The number of benzene rings is 1. The Hall–Kier alpha value is -1.73. The Labute approximate surface area is 171 Å². The number of rotatable bonds is 6. The molecule has 1 saturated carbocycles. The van der Waals surface area contributed by atoms with Crippen molar-refractivity contribution in [2.75, 3.05) is 52.1 Å². The molecule has 3 aliphatic rings. The van der Waals surface area contributed by atoms with Crippen molar-refractivity contribution in [3.8, 4) is 5.75 Å². The van der Waals surface area contributed by atoms with Gasteiger partial charge >= 0.3 is 0 Å². The van der Waals surface area contributed by atoms with Gasteiger partial charge in [-0.05, 0) is 30.5 Å². The van der Waals surface area contributed by atoms with E-state index >= 15 is 0 Å². The zero-order chi connectivity index (χ0) is 19.5. The molecule has 1 aromatic carbocycles. The van der Waals surface area contributed by atoms with E-state index in [2.05, 4.69) is 4.90 Å². The second-order valence-corrected chi connectivity index (χ2v) is 8.89. The highest BCUT2D eigenvalue weighted by molar-refractivity contribution is 8.00. The Morgan fingerprint density at radius 1 is 1.11 bits per heavy atom. The maximum absolute atomic E-state index is 12.4. The third-order valence-corrected chi connectivity index (χ3v) is 7.42. The molecule has 1 aliphatic carbocycles. The zero-order valence-corrected chi connectivity index (χ0v) is 17.3. The van der Waals surface area contributed by atoms with Crippen LogP contribution in [-0.4, -0.2) is 78.6 Å². The van der Waals surface area contributed by atoms with Crippen LogP contribution in [0.3, 0.4) is 0 Å². The lowest BCUT2D eigenvalue weighted by Crippen LogP contribution is -2.52. The van der Waals surface area contributed by atoms with Crippen molar-refractivity contribution in [2.45, 2.75) is 24.6 Å². The third kappa shape index (κ3) is 4.15. The molecule has 2 aliphatic heterocycles. The standard InChI is InChI=1S/C21H29N3O3S/c1-27-18-7-5-17(6-8-18)21-24(19(25)15-28-21)14-11-22-9-12-23(13-10-22)20(26)16-3-2-4-16/h5-8,16,21H,2-4,9-15H2,1H3. The van der Waals surface area contributed by atoms with Crippen LogP contribution in [0.5, 0.6) is 5.75 Å². The van der Waals surface area contributed by atoms with Crippen LogP contribution in [0.1, 0.15) is 30.2 Å². The quantitative estimate of drug-likeness (QED) is 0.729. The van der Waals surface area contributed by atoms with Gasteiger partial charge in [0, 0.05) is 45.2 Å². The Morgan fingerprint density at radius 3 is 2.43 bits per heavy atom. The van der Waals surface area contributed by atoms with Crippen molar-refractivity contribution in [2.24, 2.45) is 5.92 Å². The molecule has 0 aromatic heterocycles. The molecular weight excluding hydrogens is 374 g/mol. The summed E-state index contributed by atoms with van der Waals surface area (Å²) in [6, 6.07) is 8.00. The second kappa shape index (κ2) is 8.74. The lowest BCUT2D eigenvalue weighted by atomic mass is 9.84. The van der Waals surface area contributed by atoms with Crippen molar-refractivity contribution in [1.82, 2.24) is 14.7 Å². The summed E-state index contributed by atoms with van der Waals surface area (Å²) in [7, 11) is 1.66. The molecule has 6 nitrogen and oxygen atoms in total. The van der Waals surface area contributed by atoms with E-state index in [0.29, 0.717) is 11.7 Å². The molecule has 0 spiro atoms. The summed E-state index contributed by atoms with van der Waals surface area (Å²) < 4.78 is 5.24. The van der Waals surface area contributed by atoms with Crippen LogP contribution in [0.15, 0.2) is 24.3 Å². The number of hydrogen-bond donors (Lipinski definition) is 0. The highest BCUT2D eigenvalue weighted by atomic mass is 32.2. The number of ether oxygens (including phenoxy) is 1. The minimum absolute atomic E-state index is 0.0832. The SMILES string of the molecule is COc1ccc(C2SCC(=O)N2CCN2CCN(C(=O)C3CCC3)CC2)cc1. The van der Waals surface area contributed by atoms with Crippen LogP contribution in [0.4, 0.5) is 0 Å². The van der Waals surface area contributed by atoms with Crippen molar-refractivity contribution >= 4 is 23.6 Å². The number of carbonyl (C=O) groups is 2. The van der Waals surface area contributed by atoms with Crippen LogP contribution < -0.4 is 4.74 Å². The van der Waals surface area contributed by atoms with Crippen LogP contribution in [0.25, 0.3) is 0 Å². The predicted molar refractivity (Wildman–Crippen MR) is 110 cm³/mol. The molecule has 0 bridgehead atoms. The van der Waals surface area contributed by atoms with E-state index in [-0.39, 0.29) is 17.2 Å². The molecule has 7 heteroatoms. The molecule has 2 saturated heterocycles. The van der Waals surface area contributed by atoms with Crippen LogP contribution in [-0.2, 0) is 9.59 Å². The molecule has 1 unspecified atom stereocenters. The monoisotopic (exact) mass is 403 g/mol. The minimum atomic E-state index is 0.0832. The van der Waals surface area contributed by atoms with Crippen molar-refractivity contribution < 1.29 is 14.3 Å². The number of piperazine rings is 1. The van der Waals surface area contributed by atoms with E-state index in [1.54, 1.807) is 18.9 Å². The van der Waals surface area contributed by atoms with E-state index in [1.807, 2.05) is 34.1 Å². The number of thioether (sulfide) groups is 1. The fraction of sp³-hybridized carbons (Fsp3) is 0.619. The molecule has 1 atom stereocenters. The van der Waals surface area contributed by atoms with Gasteiger partial charge in [0.1, 0.15) is 11.1 Å². The summed E-state index contributed by atoms with van der Waals surface area (Å²) in [5.74, 6) is 2.23. The highest BCUT2D eigenvalue weighted by Crippen LogP contribution is 2.38. The predicted octanol–water partition coefficient (Wildman–Crippen LogP) is 2.21. The van der Waals surface area contributed by atoms with Crippen LogP contribution in [0.2, 0.25) is 0 Å². The maximum atomic E-state index is 12.4. The fourth-order valence-electron chi connectivity index (χ4n) is 4.09. The van der Waals surface area contributed by atoms with E-state index in [9.17, 15) is 9.59 Å². The van der Waals surface area contributed by atoms with E-state index in [1.165, 1.54) is 6.42 Å². The topological polar surface area (TPSA) is 53.1 Å². The summed E-state index contributed by atoms with van der Waals surface area (Å²) >= 11 is 1.69. The molecule has 152 valence electrons. The molecule has 3 fully saturated rings. The van der Waals surface area contributed by atoms with Gasteiger partial charge in [0.15, 0.2) is 0 Å². The van der Waals surface area contributed by atoms with Crippen molar-refractivity contribution in [1.29, 1.82) is 0 Å². The highest BCUT2D eigenvalue weighted by Gasteiger charge is 2.34. The van der Waals surface area contributed by atoms with Gasteiger partial charge < -0.3 is 14.5 Å².